The van der Waals surface area contributed by atoms with Gasteiger partial charge in [0.15, 0.2) is 5.41 Å². The Balaban J connectivity index is 4.37. The molecule has 0 aliphatic carbocycles. The first-order chi connectivity index (χ1) is 17.0. The van der Waals surface area contributed by atoms with E-state index in [4.69, 9.17) is 14.6 Å². The Morgan fingerprint density at radius 1 is 0.543 bits per heavy atom. The summed E-state index contributed by atoms with van der Waals surface area (Å²) in [5, 5.41) is 8.98. The molecule has 0 saturated carbocycles. The van der Waals surface area contributed by atoms with E-state index in [1.165, 1.54) is 77.0 Å². The summed E-state index contributed by atoms with van der Waals surface area (Å²) in [6.45, 7) is 7.06. The standard InChI is InChI=1S/C30H58O5/c1-4-6-8-10-12-14-18-22-26-34-28(32)30(3,24-20-16-17-21-25-31)29(33)35-27-23-19-15-13-11-9-7-5-2/h31H,4-27H2,1-3H3. The van der Waals surface area contributed by atoms with Crippen molar-refractivity contribution in [3.05, 3.63) is 0 Å². The van der Waals surface area contributed by atoms with Crippen LogP contribution >= 0.6 is 0 Å². The lowest BCUT2D eigenvalue weighted by atomic mass is 9.84. The molecule has 0 fully saturated rings. The molecule has 0 aromatic heterocycles. The van der Waals surface area contributed by atoms with Crippen LogP contribution in [0.15, 0.2) is 0 Å². The minimum atomic E-state index is -1.24. The zero-order valence-corrected chi connectivity index (χ0v) is 23.6. The maximum Gasteiger partial charge on any atom is 0.323 e. The van der Waals surface area contributed by atoms with Crippen molar-refractivity contribution in [1.29, 1.82) is 0 Å². The number of unbranched alkanes of at least 4 members (excludes halogenated alkanes) is 17. The topological polar surface area (TPSA) is 72.8 Å². The Kier molecular flexibility index (Phi) is 23.8. The summed E-state index contributed by atoms with van der Waals surface area (Å²) in [7, 11) is 0. The lowest BCUT2D eigenvalue weighted by Crippen LogP contribution is -2.39. The average Bonchev–Trinajstić information content (AvgIpc) is 2.86. The Bertz CT molecular complexity index is 457. The van der Waals surface area contributed by atoms with Gasteiger partial charge in [0.1, 0.15) is 0 Å². The molecule has 0 radical (unpaired) electrons. The quantitative estimate of drug-likeness (QED) is 0.0737. The van der Waals surface area contributed by atoms with E-state index in [0.29, 0.717) is 19.6 Å². The van der Waals surface area contributed by atoms with Crippen LogP contribution < -0.4 is 0 Å². The fourth-order valence-electron chi connectivity index (χ4n) is 4.35. The Hall–Kier alpha value is -1.10. The van der Waals surface area contributed by atoms with Crippen LogP contribution in [0.3, 0.4) is 0 Å². The van der Waals surface area contributed by atoms with E-state index in [1.807, 2.05) is 0 Å². The van der Waals surface area contributed by atoms with Gasteiger partial charge in [-0.25, -0.2) is 0 Å². The van der Waals surface area contributed by atoms with Gasteiger partial charge in [-0.15, -0.1) is 0 Å². The first-order valence-electron chi connectivity index (χ1n) is 15.0. The van der Waals surface area contributed by atoms with Gasteiger partial charge in [0.25, 0.3) is 0 Å². The summed E-state index contributed by atoms with van der Waals surface area (Å²) in [4.78, 5) is 25.9. The van der Waals surface area contributed by atoms with Crippen LogP contribution in [-0.2, 0) is 19.1 Å². The number of carbonyl (C=O) groups excluding carboxylic acids is 2. The predicted molar refractivity (Wildman–Crippen MR) is 145 cm³/mol. The second-order valence-electron chi connectivity index (χ2n) is 10.4. The summed E-state index contributed by atoms with van der Waals surface area (Å²) in [5.41, 5.74) is -1.24. The van der Waals surface area contributed by atoms with E-state index >= 15 is 0 Å². The molecule has 0 spiro atoms. The van der Waals surface area contributed by atoms with Gasteiger partial charge in [-0.1, -0.05) is 123 Å². The van der Waals surface area contributed by atoms with Gasteiger partial charge < -0.3 is 14.6 Å². The van der Waals surface area contributed by atoms with Gasteiger partial charge in [-0.05, 0) is 32.6 Å². The van der Waals surface area contributed by atoms with Crippen molar-refractivity contribution in [2.75, 3.05) is 19.8 Å². The van der Waals surface area contributed by atoms with E-state index in [0.717, 1.165) is 51.4 Å². The molecule has 0 rings (SSSR count). The third kappa shape index (κ3) is 18.8. The van der Waals surface area contributed by atoms with Crippen LogP contribution in [-0.4, -0.2) is 36.9 Å². The highest BCUT2D eigenvalue weighted by atomic mass is 16.6. The number of hydrogen-bond acceptors (Lipinski definition) is 5. The molecule has 0 aromatic carbocycles. The van der Waals surface area contributed by atoms with Crippen molar-refractivity contribution in [2.45, 2.75) is 156 Å². The number of rotatable bonds is 26. The molecule has 0 heterocycles. The predicted octanol–water partition coefficient (Wildman–Crippen LogP) is 8.30. The number of aliphatic hydroxyl groups is 1. The molecule has 0 aromatic rings. The van der Waals surface area contributed by atoms with Crippen LogP contribution in [0.4, 0.5) is 0 Å². The molecule has 0 aliphatic rings. The van der Waals surface area contributed by atoms with Crippen LogP contribution in [0.2, 0.25) is 0 Å². The van der Waals surface area contributed by atoms with Gasteiger partial charge in [0, 0.05) is 6.61 Å². The molecule has 0 saturated heterocycles. The number of aliphatic hydroxyl groups excluding tert-OH is 1. The molecule has 0 amide bonds. The SMILES string of the molecule is CCCCCCCCCCOC(=O)C(C)(CCCCCCO)C(=O)OCCCCCCCCCC. The van der Waals surface area contributed by atoms with E-state index in [2.05, 4.69) is 13.8 Å². The molecule has 0 atom stereocenters. The summed E-state index contributed by atoms with van der Waals surface area (Å²) < 4.78 is 11.1. The van der Waals surface area contributed by atoms with E-state index < -0.39 is 17.4 Å². The Morgan fingerprint density at radius 3 is 1.29 bits per heavy atom. The second kappa shape index (κ2) is 24.6. The Labute approximate surface area is 217 Å². The first-order valence-corrected chi connectivity index (χ1v) is 15.0. The minimum absolute atomic E-state index is 0.179. The number of esters is 2. The molecule has 35 heavy (non-hydrogen) atoms. The van der Waals surface area contributed by atoms with Crippen molar-refractivity contribution in [3.63, 3.8) is 0 Å². The maximum atomic E-state index is 12.9. The zero-order chi connectivity index (χ0) is 26.0. The average molecular weight is 499 g/mol. The zero-order valence-electron chi connectivity index (χ0n) is 23.6. The van der Waals surface area contributed by atoms with Crippen LogP contribution in [0.5, 0.6) is 0 Å². The van der Waals surface area contributed by atoms with Crippen LogP contribution in [0.1, 0.15) is 156 Å². The van der Waals surface area contributed by atoms with Crippen molar-refractivity contribution >= 4 is 11.9 Å². The van der Waals surface area contributed by atoms with E-state index in [1.54, 1.807) is 6.92 Å². The first kappa shape index (κ1) is 33.9. The van der Waals surface area contributed by atoms with Crippen molar-refractivity contribution in [1.82, 2.24) is 0 Å². The van der Waals surface area contributed by atoms with Gasteiger partial charge in [-0.2, -0.15) is 0 Å². The monoisotopic (exact) mass is 498 g/mol. The molecule has 1 N–H and O–H groups in total. The molecular formula is C30H58O5. The van der Waals surface area contributed by atoms with Crippen molar-refractivity contribution in [2.24, 2.45) is 5.41 Å². The van der Waals surface area contributed by atoms with E-state index in [-0.39, 0.29) is 6.61 Å². The molecule has 5 heteroatoms. The number of hydrogen-bond donors (Lipinski definition) is 1. The van der Waals surface area contributed by atoms with Gasteiger partial charge in [0.2, 0.25) is 0 Å². The molecule has 5 nitrogen and oxygen atoms in total. The van der Waals surface area contributed by atoms with Crippen LogP contribution in [0.25, 0.3) is 0 Å². The maximum absolute atomic E-state index is 12.9. The fraction of sp³-hybridized carbons (Fsp3) is 0.933. The molecule has 0 unspecified atom stereocenters. The van der Waals surface area contributed by atoms with Gasteiger partial charge in [-0.3, -0.25) is 9.59 Å². The van der Waals surface area contributed by atoms with Crippen molar-refractivity contribution in [3.8, 4) is 0 Å². The highest BCUT2D eigenvalue weighted by molar-refractivity contribution is 5.99. The highest BCUT2D eigenvalue weighted by Crippen LogP contribution is 2.29. The summed E-state index contributed by atoms with van der Waals surface area (Å²) in [6, 6.07) is 0. The fourth-order valence-corrected chi connectivity index (χ4v) is 4.35. The third-order valence-corrected chi connectivity index (χ3v) is 6.95. The summed E-state index contributed by atoms with van der Waals surface area (Å²) in [6.07, 6.45) is 22.7. The number of carbonyl (C=O) groups is 2. The highest BCUT2D eigenvalue weighted by Gasteiger charge is 2.43. The summed E-state index contributed by atoms with van der Waals surface area (Å²) in [5.74, 6) is -0.882. The Morgan fingerprint density at radius 2 is 0.886 bits per heavy atom. The largest absolute Gasteiger partial charge is 0.465 e. The van der Waals surface area contributed by atoms with Gasteiger partial charge >= 0.3 is 11.9 Å². The smallest absolute Gasteiger partial charge is 0.323 e. The molecular weight excluding hydrogens is 440 g/mol. The van der Waals surface area contributed by atoms with Gasteiger partial charge in [0.05, 0.1) is 13.2 Å². The molecule has 0 aliphatic heterocycles. The number of ether oxygens (including phenoxy) is 2. The van der Waals surface area contributed by atoms with E-state index in [9.17, 15) is 9.59 Å². The normalized spacial score (nSPS) is 11.5. The third-order valence-electron chi connectivity index (χ3n) is 6.95. The van der Waals surface area contributed by atoms with Crippen molar-refractivity contribution < 1.29 is 24.2 Å². The minimum Gasteiger partial charge on any atom is -0.465 e. The lowest BCUT2D eigenvalue weighted by molar-refractivity contribution is -0.172. The van der Waals surface area contributed by atoms with Crippen LogP contribution in [0, 0.1) is 5.41 Å². The summed E-state index contributed by atoms with van der Waals surface area (Å²) >= 11 is 0. The lowest BCUT2D eigenvalue weighted by Gasteiger charge is -2.25. The molecule has 0 bridgehead atoms. The second-order valence-corrected chi connectivity index (χ2v) is 10.4. The molecule has 208 valence electrons.